The second-order valence-electron chi connectivity index (χ2n) is 5.70. The maximum Gasteiger partial charge on any atom is 0.0545 e. The lowest BCUT2D eigenvalue weighted by molar-refractivity contribution is 0.687. The van der Waals surface area contributed by atoms with Crippen LogP contribution in [0.25, 0.3) is 0 Å². The van der Waals surface area contributed by atoms with Crippen LogP contribution in [0.4, 0.5) is 0 Å². The number of aryl methyl sites for hydroxylation is 1. The molecule has 0 spiro atoms. The Bertz CT molecular complexity index is 622. The summed E-state index contributed by atoms with van der Waals surface area (Å²) in [6.07, 6.45) is 2.64. The van der Waals surface area contributed by atoms with Gasteiger partial charge < -0.3 is 5.32 Å². The quantitative estimate of drug-likeness (QED) is 0.736. The van der Waals surface area contributed by atoms with Crippen molar-refractivity contribution in [3.05, 3.63) is 64.2 Å². The zero-order valence-corrected chi connectivity index (χ0v) is 13.8. The molecule has 1 N–H and O–H groups in total. The third kappa shape index (κ3) is 4.50. The van der Waals surface area contributed by atoms with Gasteiger partial charge in [0.05, 0.1) is 5.02 Å². The Morgan fingerprint density at radius 3 is 2.71 bits per heavy atom. The van der Waals surface area contributed by atoms with Gasteiger partial charge in [0.1, 0.15) is 0 Å². The fraction of sp³-hybridized carbons (Fsp3) is 0.333. The third-order valence-corrected chi connectivity index (χ3v) is 5.21. The molecular weight excluding hydrogens is 298 g/mol. The van der Waals surface area contributed by atoms with E-state index in [1.54, 1.807) is 11.8 Å². The first-order valence-corrected chi connectivity index (χ1v) is 8.77. The number of nitrogens with one attached hydrogen (secondary N) is 1. The molecule has 3 rings (SSSR count). The standard InChI is InChI=1S/C18H20ClNS/c1-13-3-2-4-15(9-13)12-21-18-8-5-14(10-17(18)19)11-20-16-6-7-16/h2-5,8-10,16,20H,6-7,11-12H2,1H3. The van der Waals surface area contributed by atoms with E-state index >= 15 is 0 Å². The smallest absolute Gasteiger partial charge is 0.0545 e. The van der Waals surface area contributed by atoms with E-state index in [-0.39, 0.29) is 0 Å². The van der Waals surface area contributed by atoms with Crippen molar-refractivity contribution >= 4 is 23.4 Å². The molecule has 0 unspecified atom stereocenters. The van der Waals surface area contributed by atoms with Crippen molar-refractivity contribution in [3.8, 4) is 0 Å². The Morgan fingerprint density at radius 2 is 2.00 bits per heavy atom. The zero-order chi connectivity index (χ0) is 14.7. The minimum Gasteiger partial charge on any atom is -0.310 e. The molecule has 0 radical (unpaired) electrons. The van der Waals surface area contributed by atoms with Gasteiger partial charge in [0.2, 0.25) is 0 Å². The van der Waals surface area contributed by atoms with Crippen LogP contribution < -0.4 is 5.32 Å². The molecule has 0 aliphatic heterocycles. The third-order valence-electron chi connectivity index (χ3n) is 3.65. The number of halogens is 1. The molecule has 110 valence electrons. The summed E-state index contributed by atoms with van der Waals surface area (Å²) in [7, 11) is 0. The average Bonchev–Trinajstić information content (AvgIpc) is 3.28. The highest BCUT2D eigenvalue weighted by molar-refractivity contribution is 7.98. The van der Waals surface area contributed by atoms with E-state index in [4.69, 9.17) is 11.6 Å². The van der Waals surface area contributed by atoms with Crippen molar-refractivity contribution in [2.24, 2.45) is 0 Å². The monoisotopic (exact) mass is 317 g/mol. The van der Waals surface area contributed by atoms with Crippen LogP contribution in [0.3, 0.4) is 0 Å². The fourth-order valence-electron chi connectivity index (χ4n) is 2.28. The summed E-state index contributed by atoms with van der Waals surface area (Å²) in [6.45, 7) is 3.05. The van der Waals surface area contributed by atoms with Gasteiger partial charge in [-0.25, -0.2) is 0 Å². The Morgan fingerprint density at radius 1 is 1.14 bits per heavy atom. The van der Waals surface area contributed by atoms with Gasteiger partial charge >= 0.3 is 0 Å². The Balaban J connectivity index is 1.59. The van der Waals surface area contributed by atoms with E-state index in [2.05, 4.69) is 54.7 Å². The van der Waals surface area contributed by atoms with Crippen LogP contribution in [0, 0.1) is 6.92 Å². The Hall–Kier alpha value is -0.960. The molecule has 0 bridgehead atoms. The van der Waals surface area contributed by atoms with E-state index in [0.29, 0.717) is 0 Å². The second kappa shape index (κ2) is 6.87. The van der Waals surface area contributed by atoms with E-state index in [1.165, 1.54) is 29.5 Å². The molecular formula is C18H20ClNS. The molecule has 0 heterocycles. The topological polar surface area (TPSA) is 12.0 Å². The summed E-state index contributed by atoms with van der Waals surface area (Å²) in [5.41, 5.74) is 3.92. The first-order valence-electron chi connectivity index (χ1n) is 7.41. The molecule has 2 aromatic carbocycles. The maximum atomic E-state index is 6.41. The summed E-state index contributed by atoms with van der Waals surface area (Å²) < 4.78 is 0. The SMILES string of the molecule is Cc1cccc(CSc2ccc(CNC3CC3)cc2Cl)c1. The predicted octanol–water partition coefficient (Wildman–Crippen LogP) is 5.19. The van der Waals surface area contributed by atoms with Gasteiger partial charge in [-0.15, -0.1) is 11.8 Å². The van der Waals surface area contributed by atoms with Gasteiger partial charge in [-0.05, 0) is 43.0 Å². The lowest BCUT2D eigenvalue weighted by atomic mass is 10.2. The van der Waals surface area contributed by atoms with Gasteiger partial charge in [0.25, 0.3) is 0 Å². The van der Waals surface area contributed by atoms with Gasteiger partial charge in [-0.1, -0.05) is 47.5 Å². The number of benzene rings is 2. The summed E-state index contributed by atoms with van der Waals surface area (Å²) >= 11 is 8.21. The fourth-order valence-corrected chi connectivity index (χ4v) is 3.51. The average molecular weight is 318 g/mol. The van der Waals surface area contributed by atoms with Crippen LogP contribution >= 0.6 is 23.4 Å². The molecule has 1 aliphatic rings. The van der Waals surface area contributed by atoms with E-state index in [9.17, 15) is 0 Å². The van der Waals surface area contributed by atoms with E-state index in [0.717, 1.165) is 28.3 Å². The largest absolute Gasteiger partial charge is 0.310 e. The van der Waals surface area contributed by atoms with Gasteiger partial charge in [-0.2, -0.15) is 0 Å². The molecule has 0 amide bonds. The maximum absolute atomic E-state index is 6.41. The van der Waals surface area contributed by atoms with Crippen LogP contribution in [0.5, 0.6) is 0 Å². The molecule has 2 aromatic rings. The number of hydrogen-bond donors (Lipinski definition) is 1. The highest BCUT2D eigenvalue weighted by atomic mass is 35.5. The minimum atomic E-state index is 0.735. The predicted molar refractivity (Wildman–Crippen MR) is 92.1 cm³/mol. The summed E-state index contributed by atoms with van der Waals surface area (Å²) in [6, 6.07) is 15.8. The molecule has 21 heavy (non-hydrogen) atoms. The number of rotatable bonds is 6. The molecule has 1 nitrogen and oxygen atoms in total. The molecule has 1 saturated carbocycles. The van der Waals surface area contributed by atoms with Crippen LogP contribution in [-0.2, 0) is 12.3 Å². The van der Waals surface area contributed by atoms with Gasteiger partial charge in [0, 0.05) is 23.2 Å². The Kier molecular flexibility index (Phi) is 4.89. The second-order valence-corrected chi connectivity index (χ2v) is 7.12. The molecule has 0 atom stereocenters. The van der Waals surface area contributed by atoms with Crippen molar-refractivity contribution in [2.45, 2.75) is 43.0 Å². The zero-order valence-electron chi connectivity index (χ0n) is 12.2. The summed E-state index contributed by atoms with van der Waals surface area (Å²) in [4.78, 5) is 1.16. The lowest BCUT2D eigenvalue weighted by Crippen LogP contribution is -2.15. The van der Waals surface area contributed by atoms with Gasteiger partial charge in [0.15, 0.2) is 0 Å². The highest BCUT2D eigenvalue weighted by Crippen LogP contribution is 2.31. The molecule has 0 saturated heterocycles. The first-order chi connectivity index (χ1) is 10.2. The molecule has 1 aliphatic carbocycles. The van der Waals surface area contributed by atoms with Crippen molar-refractivity contribution in [1.82, 2.24) is 5.32 Å². The van der Waals surface area contributed by atoms with Crippen molar-refractivity contribution < 1.29 is 0 Å². The van der Waals surface area contributed by atoms with Crippen LogP contribution in [0.2, 0.25) is 5.02 Å². The van der Waals surface area contributed by atoms with Crippen LogP contribution in [-0.4, -0.2) is 6.04 Å². The van der Waals surface area contributed by atoms with Crippen LogP contribution in [0.1, 0.15) is 29.5 Å². The molecule has 1 fully saturated rings. The Labute approximate surface area is 136 Å². The van der Waals surface area contributed by atoms with Crippen molar-refractivity contribution in [1.29, 1.82) is 0 Å². The molecule has 3 heteroatoms. The van der Waals surface area contributed by atoms with E-state index in [1.807, 2.05) is 0 Å². The number of thioether (sulfide) groups is 1. The highest BCUT2D eigenvalue weighted by Gasteiger charge is 2.19. The number of hydrogen-bond acceptors (Lipinski definition) is 2. The van der Waals surface area contributed by atoms with Crippen molar-refractivity contribution in [2.75, 3.05) is 0 Å². The van der Waals surface area contributed by atoms with Crippen molar-refractivity contribution in [3.63, 3.8) is 0 Å². The minimum absolute atomic E-state index is 0.735. The van der Waals surface area contributed by atoms with Crippen LogP contribution in [0.15, 0.2) is 47.4 Å². The molecule has 0 aromatic heterocycles. The first kappa shape index (κ1) is 15.0. The van der Waals surface area contributed by atoms with E-state index < -0.39 is 0 Å². The lowest BCUT2D eigenvalue weighted by Gasteiger charge is -2.08. The normalized spacial score (nSPS) is 14.4. The summed E-state index contributed by atoms with van der Waals surface area (Å²) in [5.74, 6) is 0.959. The summed E-state index contributed by atoms with van der Waals surface area (Å²) in [5, 5.41) is 4.38. The van der Waals surface area contributed by atoms with Gasteiger partial charge in [-0.3, -0.25) is 0 Å².